The van der Waals surface area contributed by atoms with Crippen LogP contribution in [0.3, 0.4) is 0 Å². The molecule has 2 atom stereocenters. The Morgan fingerprint density at radius 1 is 1.08 bits per heavy atom. The van der Waals surface area contributed by atoms with Crippen molar-refractivity contribution in [1.82, 2.24) is 5.32 Å². The lowest BCUT2D eigenvalue weighted by molar-refractivity contribution is 0.0925. The predicted octanol–water partition coefficient (Wildman–Crippen LogP) is 4.25. The van der Waals surface area contributed by atoms with Crippen molar-refractivity contribution in [3.63, 3.8) is 0 Å². The standard InChI is InChI=1S/C21H27NO2S/c1-5-16-9-11-18(12-10-16)20(15(2)3)22-21(23)19-8-6-7-17(13-19)14-25(4)24/h6-13,15,20H,5,14H2,1-4H3,(H,22,23). The summed E-state index contributed by atoms with van der Waals surface area (Å²) < 4.78 is 11.4. The summed E-state index contributed by atoms with van der Waals surface area (Å²) in [6.07, 6.45) is 2.67. The zero-order valence-electron chi connectivity index (χ0n) is 15.4. The average molecular weight is 358 g/mol. The summed E-state index contributed by atoms with van der Waals surface area (Å²) in [5.41, 5.74) is 3.94. The lowest BCUT2D eigenvalue weighted by Gasteiger charge is -2.23. The maximum absolute atomic E-state index is 12.7. The van der Waals surface area contributed by atoms with Crippen molar-refractivity contribution >= 4 is 16.7 Å². The fourth-order valence-electron chi connectivity index (χ4n) is 2.86. The highest BCUT2D eigenvalue weighted by Crippen LogP contribution is 2.23. The Hall–Kier alpha value is -1.94. The van der Waals surface area contributed by atoms with Gasteiger partial charge in [0, 0.05) is 28.4 Å². The number of carbonyl (C=O) groups excluding carboxylic acids is 1. The quantitative estimate of drug-likeness (QED) is 0.805. The molecule has 0 saturated carbocycles. The van der Waals surface area contributed by atoms with Gasteiger partial charge in [-0.1, -0.05) is 57.2 Å². The predicted molar refractivity (Wildman–Crippen MR) is 105 cm³/mol. The minimum atomic E-state index is -0.921. The molecule has 1 amide bonds. The van der Waals surface area contributed by atoms with Gasteiger partial charge in [0.15, 0.2) is 0 Å². The first-order valence-corrected chi connectivity index (χ1v) is 10.4. The van der Waals surface area contributed by atoms with Crippen LogP contribution in [0.4, 0.5) is 0 Å². The number of nitrogens with one attached hydrogen (secondary N) is 1. The topological polar surface area (TPSA) is 46.2 Å². The molecule has 0 saturated heterocycles. The smallest absolute Gasteiger partial charge is 0.251 e. The van der Waals surface area contributed by atoms with Crippen LogP contribution in [-0.2, 0) is 23.0 Å². The molecule has 0 heterocycles. The van der Waals surface area contributed by atoms with Crippen LogP contribution >= 0.6 is 0 Å². The molecule has 3 nitrogen and oxygen atoms in total. The van der Waals surface area contributed by atoms with Crippen LogP contribution in [0.5, 0.6) is 0 Å². The first-order valence-electron chi connectivity index (χ1n) is 8.69. The molecule has 134 valence electrons. The zero-order valence-corrected chi connectivity index (χ0v) is 16.2. The van der Waals surface area contributed by atoms with E-state index in [4.69, 9.17) is 0 Å². The second kappa shape index (κ2) is 8.95. The largest absolute Gasteiger partial charge is 0.345 e. The van der Waals surface area contributed by atoms with Gasteiger partial charge in [-0.25, -0.2) is 0 Å². The van der Waals surface area contributed by atoms with Crippen molar-refractivity contribution in [2.24, 2.45) is 5.92 Å². The molecule has 1 N–H and O–H groups in total. The maximum atomic E-state index is 12.7. The summed E-state index contributed by atoms with van der Waals surface area (Å²) in [6, 6.07) is 15.8. The van der Waals surface area contributed by atoms with E-state index in [1.807, 2.05) is 18.2 Å². The van der Waals surface area contributed by atoms with Gasteiger partial charge in [-0.05, 0) is 41.2 Å². The van der Waals surface area contributed by atoms with Crippen LogP contribution in [0.15, 0.2) is 48.5 Å². The maximum Gasteiger partial charge on any atom is 0.251 e. The van der Waals surface area contributed by atoms with Crippen molar-refractivity contribution in [3.8, 4) is 0 Å². The number of aryl methyl sites for hydroxylation is 1. The molecule has 25 heavy (non-hydrogen) atoms. The number of hydrogen-bond acceptors (Lipinski definition) is 2. The monoisotopic (exact) mass is 357 g/mol. The molecule has 0 radical (unpaired) electrons. The van der Waals surface area contributed by atoms with E-state index in [2.05, 4.69) is 50.4 Å². The van der Waals surface area contributed by atoms with Gasteiger partial charge in [0.2, 0.25) is 0 Å². The molecule has 0 aromatic heterocycles. The minimum Gasteiger partial charge on any atom is -0.345 e. The lowest BCUT2D eigenvalue weighted by atomic mass is 9.94. The van der Waals surface area contributed by atoms with E-state index >= 15 is 0 Å². The Balaban J connectivity index is 2.18. The molecule has 2 unspecified atom stereocenters. The fourth-order valence-corrected chi connectivity index (χ4v) is 3.51. The summed E-state index contributed by atoms with van der Waals surface area (Å²) >= 11 is 0. The molecular weight excluding hydrogens is 330 g/mol. The van der Waals surface area contributed by atoms with E-state index in [0.29, 0.717) is 11.3 Å². The van der Waals surface area contributed by atoms with Gasteiger partial charge in [-0.2, -0.15) is 0 Å². The van der Waals surface area contributed by atoms with Gasteiger partial charge >= 0.3 is 0 Å². The van der Waals surface area contributed by atoms with Gasteiger partial charge in [0.05, 0.1) is 6.04 Å². The zero-order chi connectivity index (χ0) is 18.4. The fraction of sp³-hybridized carbons (Fsp3) is 0.381. The Bertz CT molecular complexity index is 738. The van der Waals surface area contributed by atoms with Crippen molar-refractivity contribution < 1.29 is 9.00 Å². The van der Waals surface area contributed by atoms with Gasteiger partial charge < -0.3 is 5.32 Å². The van der Waals surface area contributed by atoms with Crippen molar-refractivity contribution in [3.05, 3.63) is 70.8 Å². The second-order valence-corrected chi connectivity index (χ2v) is 8.14. The molecule has 0 aliphatic heterocycles. The summed E-state index contributed by atoms with van der Waals surface area (Å²) in [5, 5.41) is 3.15. The third kappa shape index (κ3) is 5.53. The normalized spacial score (nSPS) is 13.5. The Labute approximate surface area is 153 Å². The van der Waals surface area contributed by atoms with E-state index in [0.717, 1.165) is 17.5 Å². The second-order valence-electron chi connectivity index (χ2n) is 6.71. The van der Waals surface area contributed by atoms with E-state index < -0.39 is 10.8 Å². The highest BCUT2D eigenvalue weighted by Gasteiger charge is 2.19. The van der Waals surface area contributed by atoms with Gasteiger partial charge in [-0.3, -0.25) is 9.00 Å². The molecule has 0 bridgehead atoms. The van der Waals surface area contributed by atoms with Gasteiger partial charge in [-0.15, -0.1) is 0 Å². The highest BCUT2D eigenvalue weighted by molar-refractivity contribution is 7.83. The van der Waals surface area contributed by atoms with Gasteiger partial charge in [0.1, 0.15) is 0 Å². The van der Waals surface area contributed by atoms with E-state index in [9.17, 15) is 9.00 Å². The number of hydrogen-bond donors (Lipinski definition) is 1. The van der Waals surface area contributed by atoms with E-state index in [1.54, 1.807) is 12.3 Å². The van der Waals surface area contributed by atoms with Crippen LogP contribution < -0.4 is 5.32 Å². The number of rotatable bonds is 7. The molecule has 0 aliphatic carbocycles. The van der Waals surface area contributed by atoms with Crippen LogP contribution in [0, 0.1) is 5.92 Å². The number of carbonyl (C=O) groups is 1. The van der Waals surface area contributed by atoms with Crippen molar-refractivity contribution in [2.45, 2.75) is 39.0 Å². The van der Waals surface area contributed by atoms with Gasteiger partial charge in [0.25, 0.3) is 5.91 Å². The molecule has 2 aromatic carbocycles. The molecule has 4 heteroatoms. The molecule has 0 aliphatic rings. The van der Waals surface area contributed by atoms with E-state index in [-0.39, 0.29) is 17.9 Å². The van der Waals surface area contributed by atoms with Crippen LogP contribution in [0.1, 0.15) is 53.9 Å². The lowest BCUT2D eigenvalue weighted by Crippen LogP contribution is -2.31. The summed E-state index contributed by atoms with van der Waals surface area (Å²) in [7, 11) is -0.921. The highest BCUT2D eigenvalue weighted by atomic mass is 32.2. The Morgan fingerprint density at radius 2 is 1.76 bits per heavy atom. The minimum absolute atomic E-state index is 0.0395. The summed E-state index contributed by atoms with van der Waals surface area (Å²) in [6.45, 7) is 6.34. The average Bonchev–Trinajstić information content (AvgIpc) is 2.59. The van der Waals surface area contributed by atoms with Crippen LogP contribution in [-0.4, -0.2) is 16.4 Å². The van der Waals surface area contributed by atoms with Crippen molar-refractivity contribution in [1.29, 1.82) is 0 Å². The van der Waals surface area contributed by atoms with E-state index in [1.165, 1.54) is 5.56 Å². The van der Waals surface area contributed by atoms with Crippen molar-refractivity contribution in [2.75, 3.05) is 6.26 Å². The summed E-state index contributed by atoms with van der Waals surface area (Å²) in [5.74, 6) is 0.650. The molecular formula is C21H27NO2S. The third-order valence-electron chi connectivity index (χ3n) is 4.26. The SMILES string of the molecule is CCc1ccc(C(NC(=O)c2cccc(CS(C)=O)c2)C(C)C)cc1. The third-order valence-corrected chi connectivity index (χ3v) is 5.00. The number of benzene rings is 2. The Morgan fingerprint density at radius 3 is 2.32 bits per heavy atom. The first kappa shape index (κ1) is 19.4. The summed E-state index contributed by atoms with van der Waals surface area (Å²) in [4.78, 5) is 12.7. The number of amides is 1. The van der Waals surface area contributed by atoms with Crippen LogP contribution in [0.25, 0.3) is 0 Å². The molecule has 0 spiro atoms. The molecule has 2 rings (SSSR count). The Kier molecular flexibility index (Phi) is 6.94. The first-order chi connectivity index (χ1) is 11.9. The molecule has 0 fully saturated rings. The molecule has 2 aromatic rings. The van der Waals surface area contributed by atoms with Crippen LogP contribution in [0.2, 0.25) is 0 Å².